The van der Waals surface area contributed by atoms with Crippen molar-refractivity contribution in [2.45, 2.75) is 38.6 Å². The Hall–Kier alpha value is -1.22. The first-order valence-corrected chi connectivity index (χ1v) is 7.09. The van der Waals surface area contributed by atoms with E-state index in [-0.39, 0.29) is 0 Å². The average molecular weight is 248 g/mol. The first-order valence-electron chi connectivity index (χ1n) is 7.09. The zero-order valence-electron chi connectivity index (χ0n) is 11.2. The molecule has 2 N–H and O–H groups in total. The Labute approximate surface area is 110 Å². The van der Waals surface area contributed by atoms with Crippen LogP contribution in [0, 0.1) is 0 Å². The fourth-order valence-corrected chi connectivity index (χ4v) is 2.45. The molecule has 1 heterocycles. The molecule has 18 heavy (non-hydrogen) atoms. The second kappa shape index (κ2) is 7.27. The average Bonchev–Trinajstić information content (AvgIpc) is 2.42. The van der Waals surface area contributed by atoms with E-state index in [0.29, 0.717) is 12.6 Å². The number of ether oxygens (including phenoxy) is 1. The summed E-state index contributed by atoms with van der Waals surface area (Å²) in [5, 5.41) is 7.05. The van der Waals surface area contributed by atoms with Gasteiger partial charge < -0.3 is 15.4 Å². The minimum Gasteiger partial charge on any atom is -0.492 e. The van der Waals surface area contributed by atoms with E-state index < -0.39 is 0 Å². The molecule has 100 valence electrons. The van der Waals surface area contributed by atoms with Gasteiger partial charge >= 0.3 is 0 Å². The topological polar surface area (TPSA) is 33.3 Å². The van der Waals surface area contributed by atoms with Gasteiger partial charge in [-0.1, -0.05) is 18.6 Å². The molecule has 1 unspecified atom stereocenters. The number of rotatable bonds is 6. The summed E-state index contributed by atoms with van der Waals surface area (Å²) >= 11 is 0. The van der Waals surface area contributed by atoms with Gasteiger partial charge in [0.15, 0.2) is 0 Å². The number of para-hydroxylation sites is 2. The van der Waals surface area contributed by atoms with Crippen LogP contribution in [0.15, 0.2) is 24.3 Å². The molecule has 0 radical (unpaired) electrons. The quantitative estimate of drug-likeness (QED) is 0.812. The standard InChI is InChI=1S/C15H24N2O/c1-2-18-15-9-4-3-8-14(15)17-12-10-13-7-5-6-11-16-13/h3-4,8-9,13,16-17H,2,5-7,10-12H2,1H3. The highest BCUT2D eigenvalue weighted by molar-refractivity contribution is 5.56. The largest absolute Gasteiger partial charge is 0.492 e. The van der Waals surface area contributed by atoms with Gasteiger partial charge in [0.05, 0.1) is 12.3 Å². The molecular weight excluding hydrogens is 224 g/mol. The Kier molecular flexibility index (Phi) is 5.34. The number of anilines is 1. The van der Waals surface area contributed by atoms with Crippen molar-refractivity contribution in [1.29, 1.82) is 0 Å². The Morgan fingerprint density at radius 2 is 2.22 bits per heavy atom. The third-order valence-electron chi connectivity index (χ3n) is 3.41. The van der Waals surface area contributed by atoms with Gasteiger partial charge in [0.2, 0.25) is 0 Å². The molecule has 0 aromatic heterocycles. The molecule has 0 amide bonds. The normalized spacial score (nSPS) is 19.5. The molecule has 1 aliphatic heterocycles. The maximum Gasteiger partial charge on any atom is 0.142 e. The zero-order chi connectivity index (χ0) is 12.6. The molecule has 2 rings (SSSR count). The summed E-state index contributed by atoms with van der Waals surface area (Å²) in [6, 6.07) is 8.84. The fourth-order valence-electron chi connectivity index (χ4n) is 2.45. The van der Waals surface area contributed by atoms with Crippen molar-refractivity contribution in [3.05, 3.63) is 24.3 Å². The summed E-state index contributed by atoms with van der Waals surface area (Å²) in [7, 11) is 0. The van der Waals surface area contributed by atoms with Gasteiger partial charge in [-0.25, -0.2) is 0 Å². The van der Waals surface area contributed by atoms with Gasteiger partial charge in [-0.3, -0.25) is 0 Å². The lowest BCUT2D eigenvalue weighted by Crippen LogP contribution is -2.35. The monoisotopic (exact) mass is 248 g/mol. The Morgan fingerprint density at radius 1 is 1.33 bits per heavy atom. The van der Waals surface area contributed by atoms with Crippen molar-refractivity contribution in [3.63, 3.8) is 0 Å². The maximum absolute atomic E-state index is 5.60. The molecule has 3 nitrogen and oxygen atoms in total. The van der Waals surface area contributed by atoms with E-state index in [9.17, 15) is 0 Å². The smallest absolute Gasteiger partial charge is 0.142 e. The van der Waals surface area contributed by atoms with Crippen LogP contribution in [0.2, 0.25) is 0 Å². The molecule has 1 aliphatic rings. The van der Waals surface area contributed by atoms with E-state index >= 15 is 0 Å². The van der Waals surface area contributed by atoms with Gasteiger partial charge in [0.25, 0.3) is 0 Å². The SMILES string of the molecule is CCOc1ccccc1NCCC1CCCCN1. The molecule has 1 atom stereocenters. The van der Waals surface area contributed by atoms with Gasteiger partial charge in [0.1, 0.15) is 5.75 Å². The van der Waals surface area contributed by atoms with Crippen LogP contribution in [0.4, 0.5) is 5.69 Å². The second-order valence-corrected chi connectivity index (χ2v) is 4.79. The van der Waals surface area contributed by atoms with Crippen molar-refractivity contribution in [2.24, 2.45) is 0 Å². The van der Waals surface area contributed by atoms with Crippen LogP contribution in [-0.2, 0) is 0 Å². The molecule has 0 aliphatic carbocycles. The zero-order valence-corrected chi connectivity index (χ0v) is 11.2. The van der Waals surface area contributed by atoms with Crippen LogP contribution in [0.3, 0.4) is 0 Å². The summed E-state index contributed by atoms with van der Waals surface area (Å²) in [6.07, 6.45) is 5.19. The first-order chi connectivity index (χ1) is 8.90. The lowest BCUT2D eigenvalue weighted by Gasteiger charge is -2.23. The molecule has 0 bridgehead atoms. The van der Waals surface area contributed by atoms with Crippen molar-refractivity contribution < 1.29 is 4.74 Å². The number of hydrogen-bond donors (Lipinski definition) is 2. The Morgan fingerprint density at radius 3 is 3.00 bits per heavy atom. The summed E-state index contributed by atoms with van der Waals surface area (Å²) in [6.45, 7) is 4.91. The fraction of sp³-hybridized carbons (Fsp3) is 0.600. The minimum absolute atomic E-state index is 0.686. The minimum atomic E-state index is 0.686. The molecule has 1 saturated heterocycles. The predicted molar refractivity (Wildman–Crippen MR) is 76.4 cm³/mol. The lowest BCUT2D eigenvalue weighted by molar-refractivity contribution is 0.341. The molecule has 3 heteroatoms. The predicted octanol–water partition coefficient (Wildman–Crippen LogP) is 3.03. The van der Waals surface area contributed by atoms with Gasteiger partial charge in [0, 0.05) is 12.6 Å². The van der Waals surface area contributed by atoms with Crippen LogP contribution in [-0.4, -0.2) is 25.7 Å². The lowest BCUT2D eigenvalue weighted by atomic mass is 10.0. The van der Waals surface area contributed by atoms with Gasteiger partial charge in [-0.15, -0.1) is 0 Å². The van der Waals surface area contributed by atoms with Crippen LogP contribution >= 0.6 is 0 Å². The van der Waals surface area contributed by atoms with Crippen LogP contribution in [0.25, 0.3) is 0 Å². The van der Waals surface area contributed by atoms with E-state index in [2.05, 4.69) is 16.7 Å². The second-order valence-electron chi connectivity index (χ2n) is 4.79. The summed E-state index contributed by atoms with van der Waals surface area (Å²) in [5.74, 6) is 0.955. The third kappa shape index (κ3) is 3.91. The molecule has 0 spiro atoms. The van der Waals surface area contributed by atoms with Crippen molar-refractivity contribution in [1.82, 2.24) is 5.32 Å². The number of hydrogen-bond acceptors (Lipinski definition) is 3. The van der Waals surface area contributed by atoms with E-state index in [0.717, 1.165) is 18.0 Å². The first kappa shape index (κ1) is 13.2. The summed E-state index contributed by atoms with van der Waals surface area (Å²) < 4.78 is 5.60. The summed E-state index contributed by atoms with van der Waals surface area (Å²) in [5.41, 5.74) is 1.11. The van der Waals surface area contributed by atoms with Gasteiger partial charge in [-0.05, 0) is 44.9 Å². The van der Waals surface area contributed by atoms with E-state index in [4.69, 9.17) is 4.74 Å². The van der Waals surface area contributed by atoms with Crippen molar-refractivity contribution >= 4 is 5.69 Å². The molecule has 1 aromatic carbocycles. The Balaban J connectivity index is 1.78. The molecule has 1 aromatic rings. The highest BCUT2D eigenvalue weighted by atomic mass is 16.5. The summed E-state index contributed by atoms with van der Waals surface area (Å²) in [4.78, 5) is 0. The number of benzene rings is 1. The highest BCUT2D eigenvalue weighted by Crippen LogP contribution is 2.23. The highest BCUT2D eigenvalue weighted by Gasteiger charge is 2.11. The van der Waals surface area contributed by atoms with E-state index in [1.807, 2.05) is 25.1 Å². The van der Waals surface area contributed by atoms with Crippen molar-refractivity contribution in [3.8, 4) is 5.75 Å². The molecular formula is C15H24N2O. The number of piperidine rings is 1. The van der Waals surface area contributed by atoms with Crippen LogP contribution < -0.4 is 15.4 Å². The molecule has 0 saturated carbocycles. The van der Waals surface area contributed by atoms with Crippen molar-refractivity contribution in [2.75, 3.05) is 25.0 Å². The van der Waals surface area contributed by atoms with Crippen LogP contribution in [0.1, 0.15) is 32.6 Å². The Bertz CT molecular complexity index is 348. The van der Waals surface area contributed by atoms with E-state index in [1.54, 1.807) is 0 Å². The van der Waals surface area contributed by atoms with Crippen LogP contribution in [0.5, 0.6) is 5.75 Å². The molecule has 1 fully saturated rings. The maximum atomic E-state index is 5.60. The number of nitrogens with one attached hydrogen (secondary N) is 2. The van der Waals surface area contributed by atoms with Gasteiger partial charge in [-0.2, -0.15) is 0 Å². The third-order valence-corrected chi connectivity index (χ3v) is 3.41. The van der Waals surface area contributed by atoms with E-state index in [1.165, 1.54) is 32.2 Å².